The molecular formula is C35H37F2N9O3S. The third kappa shape index (κ3) is 6.96. The third-order valence-electron chi connectivity index (χ3n) is 8.91. The number of halogens is 2. The Morgan fingerprint density at radius 3 is 2.32 bits per heavy atom. The van der Waals surface area contributed by atoms with Crippen molar-refractivity contribution < 1.29 is 23.4 Å². The molecule has 1 N–H and O–H groups in total. The minimum absolute atomic E-state index is 0.0283. The van der Waals surface area contributed by atoms with E-state index in [1.807, 2.05) is 31.2 Å². The summed E-state index contributed by atoms with van der Waals surface area (Å²) < 4.78 is 42.2. The maximum absolute atomic E-state index is 14.9. The lowest BCUT2D eigenvalue weighted by molar-refractivity contribution is 0.0188. The van der Waals surface area contributed by atoms with Gasteiger partial charge in [0.2, 0.25) is 6.35 Å². The van der Waals surface area contributed by atoms with Gasteiger partial charge in [-0.3, -0.25) is 9.89 Å². The van der Waals surface area contributed by atoms with Crippen LogP contribution in [0.15, 0.2) is 106 Å². The van der Waals surface area contributed by atoms with E-state index in [1.54, 1.807) is 34.9 Å². The smallest absolute Gasteiger partial charge is 0.287 e. The first-order valence-electron chi connectivity index (χ1n) is 16.2. The summed E-state index contributed by atoms with van der Waals surface area (Å²) in [6, 6.07) is 19.8. The van der Waals surface area contributed by atoms with E-state index in [-0.39, 0.29) is 30.7 Å². The number of hydrogen-bond acceptors (Lipinski definition) is 12. The zero-order valence-electron chi connectivity index (χ0n) is 27.6. The Labute approximate surface area is 292 Å². The van der Waals surface area contributed by atoms with Gasteiger partial charge in [-0.05, 0) is 67.6 Å². The fourth-order valence-corrected chi connectivity index (χ4v) is 6.94. The fraction of sp³-hybridized carbons (Fsp3) is 0.314. The lowest BCUT2D eigenvalue weighted by Crippen LogP contribution is -2.46. The molecule has 50 heavy (non-hydrogen) atoms. The van der Waals surface area contributed by atoms with Gasteiger partial charge in [-0.2, -0.15) is 10.2 Å². The molecule has 0 saturated carbocycles. The van der Waals surface area contributed by atoms with E-state index >= 15 is 0 Å². The summed E-state index contributed by atoms with van der Waals surface area (Å²) in [6.45, 7) is 5.59. The average Bonchev–Trinajstić information content (AvgIpc) is 3.89. The van der Waals surface area contributed by atoms with E-state index in [0.29, 0.717) is 0 Å². The van der Waals surface area contributed by atoms with Crippen molar-refractivity contribution in [2.75, 3.05) is 54.5 Å². The summed E-state index contributed by atoms with van der Waals surface area (Å²) in [4.78, 5) is 15.4. The molecule has 3 aromatic carbocycles. The van der Waals surface area contributed by atoms with Gasteiger partial charge in [-0.1, -0.05) is 11.8 Å². The summed E-state index contributed by atoms with van der Waals surface area (Å²) >= 11 is 1.43. The van der Waals surface area contributed by atoms with Crippen molar-refractivity contribution in [2.45, 2.75) is 36.4 Å². The monoisotopic (exact) mass is 701 g/mol. The molecule has 0 radical (unpaired) electrons. The zero-order chi connectivity index (χ0) is 34.7. The quantitative estimate of drug-likeness (QED) is 0.182. The van der Waals surface area contributed by atoms with Crippen molar-refractivity contribution in [1.29, 1.82) is 0 Å². The van der Waals surface area contributed by atoms with Crippen molar-refractivity contribution in [2.24, 2.45) is 10.1 Å². The molecule has 2 fully saturated rings. The molecule has 15 heteroatoms. The molecule has 0 aliphatic carbocycles. The molecule has 260 valence electrons. The first kappa shape index (κ1) is 33.4. The molecular weight excluding hydrogens is 665 g/mol. The molecule has 4 aromatic rings. The molecule has 1 aromatic heterocycles. The second kappa shape index (κ2) is 14.4. The van der Waals surface area contributed by atoms with Crippen molar-refractivity contribution in [3.63, 3.8) is 0 Å². The maximum atomic E-state index is 14.9. The Morgan fingerprint density at radius 2 is 1.68 bits per heavy atom. The molecule has 2 saturated heterocycles. The lowest BCUT2D eigenvalue weighted by atomic mass is 9.94. The number of ether oxygens (including phenoxy) is 2. The number of aliphatic imine (C=N–C) groups is 1. The number of anilines is 3. The molecule has 12 nitrogen and oxygen atoms in total. The van der Waals surface area contributed by atoms with Crippen LogP contribution in [0.4, 0.5) is 25.8 Å². The van der Waals surface area contributed by atoms with Crippen LogP contribution in [0.2, 0.25) is 0 Å². The fourth-order valence-electron chi connectivity index (χ4n) is 6.30. The number of benzene rings is 3. The topological polar surface area (TPSA) is 107 Å². The number of rotatable bonds is 10. The maximum Gasteiger partial charge on any atom is 0.287 e. The van der Waals surface area contributed by atoms with Crippen LogP contribution in [-0.4, -0.2) is 89.7 Å². The number of thioether (sulfide) groups is 1. The Morgan fingerprint density at radius 1 is 1.00 bits per heavy atom. The normalized spacial score (nSPS) is 22.1. The van der Waals surface area contributed by atoms with Gasteiger partial charge < -0.3 is 24.4 Å². The number of aliphatic hydroxyl groups is 1. The zero-order valence-corrected chi connectivity index (χ0v) is 28.4. The highest BCUT2D eigenvalue weighted by molar-refractivity contribution is 8.02. The summed E-state index contributed by atoms with van der Waals surface area (Å²) in [6.07, 6.45) is 5.39. The highest BCUT2D eigenvalue weighted by Crippen LogP contribution is 2.40. The minimum Gasteiger partial charge on any atom is -0.460 e. The van der Waals surface area contributed by atoms with Crippen LogP contribution in [-0.2, 0) is 21.6 Å². The average molecular weight is 702 g/mol. The van der Waals surface area contributed by atoms with E-state index in [9.17, 15) is 13.9 Å². The second-order valence-electron chi connectivity index (χ2n) is 12.2. The number of piperazine rings is 1. The molecule has 0 bridgehead atoms. The highest BCUT2D eigenvalue weighted by Gasteiger charge is 2.45. The molecule has 4 heterocycles. The van der Waals surface area contributed by atoms with Gasteiger partial charge in [0.25, 0.3) is 5.95 Å². The summed E-state index contributed by atoms with van der Waals surface area (Å²) in [5.41, 5.74) is 2.08. The van der Waals surface area contributed by atoms with Gasteiger partial charge in [-0.25, -0.2) is 23.5 Å². The van der Waals surface area contributed by atoms with Crippen LogP contribution in [0.5, 0.6) is 0 Å². The molecule has 0 amide bonds. The van der Waals surface area contributed by atoms with Crippen molar-refractivity contribution in [3.8, 4) is 0 Å². The van der Waals surface area contributed by atoms with E-state index in [1.165, 1.54) is 41.2 Å². The first-order valence-corrected chi connectivity index (χ1v) is 17.1. The van der Waals surface area contributed by atoms with Crippen molar-refractivity contribution in [1.82, 2.24) is 19.8 Å². The Balaban J connectivity index is 0.932. The Kier molecular flexibility index (Phi) is 9.59. The summed E-state index contributed by atoms with van der Waals surface area (Å²) in [5.74, 6) is -1.14. The minimum atomic E-state index is -1.23. The molecule has 3 aliphatic rings. The van der Waals surface area contributed by atoms with Crippen molar-refractivity contribution in [3.05, 3.63) is 108 Å². The molecule has 3 aliphatic heterocycles. The first-order chi connectivity index (χ1) is 24.3. The van der Waals surface area contributed by atoms with Gasteiger partial charge in [0.15, 0.2) is 5.60 Å². The molecule has 3 atom stereocenters. The van der Waals surface area contributed by atoms with Gasteiger partial charge >= 0.3 is 0 Å². The van der Waals surface area contributed by atoms with Crippen LogP contribution < -0.4 is 14.7 Å². The SMILES string of the molecule is CN=CC(C)N1N=CN(c2ccc(N3CCN(c4ccc(S/C=C5\OCC(Cn6cncn6)(c6ccc(F)cc6F)O5)cc4)CC3)cc2)C1O. The highest BCUT2D eigenvalue weighted by atomic mass is 32.2. The van der Waals surface area contributed by atoms with E-state index in [0.717, 1.165) is 54.2 Å². The number of hydrazone groups is 1. The van der Waals surface area contributed by atoms with E-state index in [2.05, 4.69) is 54.2 Å². The molecule has 0 spiro atoms. The van der Waals surface area contributed by atoms with Gasteiger partial charge in [0.1, 0.15) is 37.2 Å². The predicted molar refractivity (Wildman–Crippen MR) is 189 cm³/mol. The van der Waals surface area contributed by atoms with Gasteiger partial charge in [0, 0.05) is 73.0 Å². The largest absolute Gasteiger partial charge is 0.460 e. The molecule has 3 unspecified atom stereocenters. The van der Waals surface area contributed by atoms with Crippen molar-refractivity contribution >= 4 is 41.4 Å². The van der Waals surface area contributed by atoms with Crippen LogP contribution in [0.1, 0.15) is 12.5 Å². The Bertz CT molecular complexity index is 1850. The standard InChI is InChI=1S/C35H37F2N9O3S/c1-25(18-38-2)46-34(47)45(24-41-46)29-6-4-27(5-7-29)42-13-15-43(16-14-42)28-8-10-30(11-9-28)50-19-33-48-21-35(49-33,20-44-23-39-22-40-44)31-12-3-26(36)17-32(31)37/h3-12,17-19,22-25,34,47H,13-16,20-21H2,1-2H3/b33-19+,38-18?. The van der Waals surface area contributed by atoms with E-state index in [4.69, 9.17) is 9.47 Å². The van der Waals surface area contributed by atoms with Crippen LogP contribution in [0.3, 0.4) is 0 Å². The number of aromatic nitrogens is 3. The summed E-state index contributed by atoms with van der Waals surface area (Å²) in [7, 11) is 1.70. The van der Waals surface area contributed by atoms with Gasteiger partial charge in [-0.15, -0.1) is 0 Å². The number of nitrogens with zero attached hydrogens (tertiary/aromatic N) is 9. The van der Waals surface area contributed by atoms with Gasteiger partial charge in [0.05, 0.1) is 18.0 Å². The third-order valence-corrected chi connectivity index (χ3v) is 9.77. The second-order valence-corrected chi connectivity index (χ2v) is 13.1. The number of hydrogen-bond donors (Lipinski definition) is 1. The predicted octanol–water partition coefficient (Wildman–Crippen LogP) is 4.85. The number of aliphatic hydroxyl groups excluding tert-OH is 1. The lowest BCUT2D eigenvalue weighted by Gasteiger charge is -2.37. The molecule has 7 rings (SSSR count). The van der Waals surface area contributed by atoms with Crippen LogP contribution >= 0.6 is 11.8 Å². The van der Waals surface area contributed by atoms with Crippen LogP contribution in [0, 0.1) is 11.6 Å². The van der Waals surface area contributed by atoms with E-state index < -0.39 is 23.6 Å². The summed E-state index contributed by atoms with van der Waals surface area (Å²) in [5, 5.41) is 22.6. The van der Waals surface area contributed by atoms with Crippen LogP contribution in [0.25, 0.3) is 0 Å². The Hall–Kier alpha value is -5.15.